The average Bonchev–Trinajstić information content (AvgIpc) is 2.53. The second-order valence-electron chi connectivity index (χ2n) is 4.24. The minimum Gasteiger partial charge on any atom is -0.490 e. The third kappa shape index (κ3) is 5.04. The fraction of sp³-hybridized carbons (Fsp3) is 0.111. The minimum atomic E-state index is 0.526. The van der Waals surface area contributed by atoms with Crippen LogP contribution in [0.25, 0.3) is 0 Å². The molecular formula is C18H18O2S. The predicted octanol–water partition coefficient (Wildman–Crippen LogP) is 4.97. The van der Waals surface area contributed by atoms with Crippen LogP contribution in [0.4, 0.5) is 0 Å². The third-order valence-electron chi connectivity index (χ3n) is 2.62. The second-order valence-corrected chi connectivity index (χ2v) is 5.39. The van der Waals surface area contributed by atoms with Crippen LogP contribution in [0.2, 0.25) is 0 Å². The van der Waals surface area contributed by atoms with E-state index in [1.54, 1.807) is 23.9 Å². The highest BCUT2D eigenvalue weighted by atomic mass is 32.2. The fourth-order valence-electron chi connectivity index (χ4n) is 1.65. The Bertz CT molecular complexity index is 520. The molecule has 0 bridgehead atoms. The molecule has 2 aromatic rings. The van der Waals surface area contributed by atoms with Crippen LogP contribution in [0.1, 0.15) is 0 Å². The highest BCUT2D eigenvalue weighted by Gasteiger charge is 1.99. The Morgan fingerprint density at radius 3 is 1.43 bits per heavy atom. The van der Waals surface area contributed by atoms with Crippen molar-refractivity contribution in [1.29, 1.82) is 0 Å². The van der Waals surface area contributed by atoms with E-state index in [4.69, 9.17) is 9.47 Å². The summed E-state index contributed by atoms with van der Waals surface area (Å²) < 4.78 is 10.9. The molecule has 0 atom stereocenters. The summed E-state index contributed by atoms with van der Waals surface area (Å²) in [5, 5.41) is 0. The number of hydrogen-bond acceptors (Lipinski definition) is 3. The molecule has 2 nitrogen and oxygen atoms in total. The van der Waals surface area contributed by atoms with Gasteiger partial charge in [-0.3, -0.25) is 0 Å². The number of ether oxygens (including phenoxy) is 2. The Hall–Kier alpha value is -2.13. The monoisotopic (exact) mass is 298 g/mol. The third-order valence-corrected chi connectivity index (χ3v) is 3.63. The fourth-order valence-corrected chi connectivity index (χ4v) is 2.47. The van der Waals surface area contributed by atoms with Crippen molar-refractivity contribution in [2.75, 3.05) is 13.2 Å². The maximum Gasteiger partial charge on any atom is 0.119 e. The molecule has 0 unspecified atom stereocenters. The molecule has 21 heavy (non-hydrogen) atoms. The Balaban J connectivity index is 1.94. The second kappa shape index (κ2) is 8.22. The summed E-state index contributed by atoms with van der Waals surface area (Å²) in [6.07, 6.45) is 3.47. The zero-order valence-corrected chi connectivity index (χ0v) is 12.6. The molecule has 0 aliphatic rings. The van der Waals surface area contributed by atoms with E-state index in [9.17, 15) is 0 Å². The maximum absolute atomic E-state index is 5.46. The largest absolute Gasteiger partial charge is 0.490 e. The van der Waals surface area contributed by atoms with Crippen molar-refractivity contribution in [2.24, 2.45) is 0 Å². The van der Waals surface area contributed by atoms with Gasteiger partial charge in [-0.1, -0.05) is 37.1 Å². The van der Waals surface area contributed by atoms with Gasteiger partial charge in [0.15, 0.2) is 0 Å². The lowest BCUT2D eigenvalue weighted by Gasteiger charge is -2.06. The lowest BCUT2D eigenvalue weighted by molar-refractivity contribution is 0.363. The van der Waals surface area contributed by atoms with Crippen molar-refractivity contribution in [1.82, 2.24) is 0 Å². The van der Waals surface area contributed by atoms with Crippen LogP contribution in [-0.4, -0.2) is 13.2 Å². The molecule has 0 saturated carbocycles. The van der Waals surface area contributed by atoms with Crippen molar-refractivity contribution in [3.63, 3.8) is 0 Å². The SMILES string of the molecule is C=CCOc1ccc(Sc2ccc(OCC=C)cc2)cc1. The van der Waals surface area contributed by atoms with Crippen LogP contribution in [-0.2, 0) is 0 Å². The smallest absolute Gasteiger partial charge is 0.119 e. The van der Waals surface area contributed by atoms with E-state index in [1.165, 1.54) is 9.79 Å². The summed E-state index contributed by atoms with van der Waals surface area (Å²) in [6, 6.07) is 16.1. The Morgan fingerprint density at radius 1 is 0.714 bits per heavy atom. The molecule has 0 amide bonds. The minimum absolute atomic E-state index is 0.526. The Labute approximate surface area is 130 Å². The summed E-state index contributed by atoms with van der Waals surface area (Å²) in [4.78, 5) is 2.33. The average molecular weight is 298 g/mol. The Morgan fingerprint density at radius 2 is 1.10 bits per heavy atom. The van der Waals surface area contributed by atoms with E-state index in [0.717, 1.165) is 11.5 Å². The van der Waals surface area contributed by atoms with Crippen LogP contribution in [0.15, 0.2) is 83.6 Å². The Kier molecular flexibility index (Phi) is 5.98. The summed E-state index contributed by atoms with van der Waals surface area (Å²) in [5.41, 5.74) is 0. The molecule has 0 radical (unpaired) electrons. The highest BCUT2D eigenvalue weighted by Crippen LogP contribution is 2.30. The van der Waals surface area contributed by atoms with Gasteiger partial charge in [-0.05, 0) is 48.5 Å². The quantitative estimate of drug-likeness (QED) is 0.641. The summed E-state index contributed by atoms with van der Waals surface area (Å²) in [7, 11) is 0. The van der Waals surface area contributed by atoms with Gasteiger partial charge in [0.1, 0.15) is 24.7 Å². The van der Waals surface area contributed by atoms with Crippen molar-refractivity contribution < 1.29 is 9.47 Å². The van der Waals surface area contributed by atoms with Gasteiger partial charge in [0.05, 0.1) is 0 Å². The van der Waals surface area contributed by atoms with Crippen LogP contribution in [0, 0.1) is 0 Å². The first-order valence-electron chi connectivity index (χ1n) is 6.67. The molecule has 0 heterocycles. The summed E-state index contributed by atoms with van der Waals surface area (Å²) in [5.74, 6) is 1.71. The molecule has 0 aliphatic carbocycles. The molecule has 0 aliphatic heterocycles. The zero-order chi connectivity index (χ0) is 14.9. The van der Waals surface area contributed by atoms with E-state index in [-0.39, 0.29) is 0 Å². The van der Waals surface area contributed by atoms with Crippen LogP contribution < -0.4 is 9.47 Å². The van der Waals surface area contributed by atoms with E-state index >= 15 is 0 Å². The van der Waals surface area contributed by atoms with Gasteiger partial charge in [0, 0.05) is 9.79 Å². The highest BCUT2D eigenvalue weighted by molar-refractivity contribution is 7.99. The first kappa shape index (κ1) is 15.3. The van der Waals surface area contributed by atoms with E-state index in [1.807, 2.05) is 48.5 Å². The molecule has 2 aromatic carbocycles. The molecule has 0 aromatic heterocycles. The van der Waals surface area contributed by atoms with E-state index < -0.39 is 0 Å². The zero-order valence-electron chi connectivity index (χ0n) is 11.8. The normalized spacial score (nSPS) is 9.90. The van der Waals surface area contributed by atoms with Crippen molar-refractivity contribution in [2.45, 2.75) is 9.79 Å². The lowest BCUT2D eigenvalue weighted by Crippen LogP contribution is -1.92. The summed E-state index contributed by atoms with van der Waals surface area (Å²) >= 11 is 1.70. The molecule has 108 valence electrons. The predicted molar refractivity (Wildman–Crippen MR) is 88.4 cm³/mol. The molecule has 0 fully saturated rings. The van der Waals surface area contributed by atoms with Gasteiger partial charge in [-0.2, -0.15) is 0 Å². The van der Waals surface area contributed by atoms with Crippen molar-refractivity contribution in [3.8, 4) is 11.5 Å². The molecule has 0 saturated heterocycles. The van der Waals surface area contributed by atoms with Crippen LogP contribution >= 0.6 is 11.8 Å². The van der Waals surface area contributed by atoms with Gasteiger partial charge in [0.2, 0.25) is 0 Å². The number of rotatable bonds is 8. The van der Waals surface area contributed by atoms with E-state index in [0.29, 0.717) is 13.2 Å². The van der Waals surface area contributed by atoms with Gasteiger partial charge >= 0.3 is 0 Å². The molecule has 0 N–H and O–H groups in total. The van der Waals surface area contributed by atoms with Crippen molar-refractivity contribution >= 4 is 11.8 Å². The van der Waals surface area contributed by atoms with Crippen molar-refractivity contribution in [3.05, 3.63) is 73.8 Å². The van der Waals surface area contributed by atoms with E-state index in [2.05, 4.69) is 13.2 Å². The van der Waals surface area contributed by atoms with Gasteiger partial charge in [0.25, 0.3) is 0 Å². The maximum atomic E-state index is 5.46. The van der Waals surface area contributed by atoms with Crippen LogP contribution in [0.5, 0.6) is 11.5 Å². The number of hydrogen-bond donors (Lipinski definition) is 0. The van der Waals surface area contributed by atoms with Gasteiger partial charge in [-0.15, -0.1) is 0 Å². The lowest BCUT2D eigenvalue weighted by atomic mass is 10.3. The van der Waals surface area contributed by atoms with Crippen LogP contribution in [0.3, 0.4) is 0 Å². The van der Waals surface area contributed by atoms with Gasteiger partial charge < -0.3 is 9.47 Å². The summed E-state index contributed by atoms with van der Waals surface area (Å²) in [6.45, 7) is 8.31. The molecule has 3 heteroatoms. The first-order chi connectivity index (χ1) is 10.3. The molecule has 0 spiro atoms. The molecular weight excluding hydrogens is 280 g/mol. The number of benzene rings is 2. The topological polar surface area (TPSA) is 18.5 Å². The molecule has 2 rings (SSSR count). The standard InChI is InChI=1S/C18H18O2S/c1-3-13-19-15-5-9-17(10-6-15)21-18-11-7-16(8-12-18)20-14-4-2/h3-12H,1-2,13-14H2. The first-order valence-corrected chi connectivity index (χ1v) is 7.49. The van der Waals surface area contributed by atoms with Gasteiger partial charge in [-0.25, -0.2) is 0 Å².